The van der Waals surface area contributed by atoms with E-state index in [0.29, 0.717) is 35.6 Å². The highest BCUT2D eigenvalue weighted by Gasteiger charge is 2.39. The first kappa shape index (κ1) is 18.9. The van der Waals surface area contributed by atoms with Crippen molar-refractivity contribution in [2.45, 2.75) is 44.7 Å². The molecular weight excluding hydrogens is 358 g/mol. The molecule has 3 rings (SSSR count). The molecule has 0 aliphatic carbocycles. The summed E-state index contributed by atoms with van der Waals surface area (Å²) in [6, 6.07) is 2.99. The molecule has 2 heterocycles. The predicted molar refractivity (Wildman–Crippen MR) is 98.8 cm³/mol. The number of carbonyl (C=O) groups excluding carboxylic acids is 1. The zero-order valence-corrected chi connectivity index (χ0v) is 15.3. The number of ether oxygens (including phenoxy) is 1. The number of benzene rings is 1. The number of fused-ring (bicyclic) bond motifs is 2. The lowest BCUT2D eigenvalue weighted by Crippen LogP contribution is -2.39. The third-order valence-corrected chi connectivity index (χ3v) is 5.07. The van der Waals surface area contributed by atoms with E-state index in [9.17, 15) is 9.90 Å². The summed E-state index contributed by atoms with van der Waals surface area (Å²) in [6.45, 7) is 0.954. The third kappa shape index (κ3) is 3.95. The first-order valence-electron chi connectivity index (χ1n) is 8.97. The van der Waals surface area contributed by atoms with Gasteiger partial charge in [-0.2, -0.15) is 0 Å². The molecule has 1 fully saturated rings. The summed E-state index contributed by atoms with van der Waals surface area (Å²) in [7, 11) is 0. The van der Waals surface area contributed by atoms with Gasteiger partial charge < -0.3 is 19.8 Å². The van der Waals surface area contributed by atoms with Crippen LogP contribution in [-0.2, 0) is 11.3 Å². The third-order valence-electron chi connectivity index (χ3n) is 4.66. The second kappa shape index (κ2) is 8.70. The maximum atomic E-state index is 11.9. The van der Waals surface area contributed by atoms with Crippen molar-refractivity contribution in [3.63, 3.8) is 0 Å². The van der Waals surface area contributed by atoms with Gasteiger partial charge in [-0.15, -0.1) is 0 Å². The van der Waals surface area contributed by atoms with E-state index in [1.165, 1.54) is 0 Å². The number of aliphatic hydroxyl groups is 2. The first-order chi connectivity index (χ1) is 12.7. The molecule has 2 aliphatic heterocycles. The van der Waals surface area contributed by atoms with Crippen molar-refractivity contribution in [1.29, 1.82) is 0 Å². The zero-order valence-electron chi connectivity index (χ0n) is 14.6. The van der Waals surface area contributed by atoms with Crippen LogP contribution in [0.1, 0.15) is 37.7 Å². The minimum Gasteiger partial charge on any atom is -0.492 e. The Labute approximate surface area is 157 Å². The number of hydrogen-bond donors (Lipinski definition) is 3. The Morgan fingerprint density at radius 1 is 1.23 bits per heavy atom. The normalized spacial score (nSPS) is 18.3. The molecule has 8 heteroatoms. The summed E-state index contributed by atoms with van der Waals surface area (Å²) in [6.07, 6.45) is 4.94. The van der Waals surface area contributed by atoms with E-state index >= 15 is 0 Å². The van der Waals surface area contributed by atoms with Gasteiger partial charge in [0.05, 0.1) is 30.5 Å². The molecule has 0 radical (unpaired) electrons. The summed E-state index contributed by atoms with van der Waals surface area (Å²) in [5, 5.41) is 21.4. The zero-order chi connectivity index (χ0) is 18.5. The summed E-state index contributed by atoms with van der Waals surface area (Å²) < 4.78 is 5.81. The van der Waals surface area contributed by atoms with E-state index in [4.69, 9.17) is 21.4 Å². The van der Waals surface area contributed by atoms with E-state index in [1.54, 1.807) is 11.0 Å². The number of rotatable bonds is 9. The molecule has 0 saturated carbocycles. The van der Waals surface area contributed by atoms with Gasteiger partial charge in [0.15, 0.2) is 0 Å². The quantitative estimate of drug-likeness (QED) is 0.568. The maximum absolute atomic E-state index is 11.9. The van der Waals surface area contributed by atoms with Crippen LogP contribution < -0.4 is 10.1 Å². The molecule has 7 nitrogen and oxygen atoms in total. The summed E-state index contributed by atoms with van der Waals surface area (Å²) in [4.78, 5) is 18.0. The van der Waals surface area contributed by atoms with Crippen molar-refractivity contribution in [3.8, 4) is 5.75 Å². The van der Waals surface area contributed by atoms with E-state index in [1.807, 2.05) is 6.07 Å². The molecule has 0 bridgehead atoms. The van der Waals surface area contributed by atoms with Gasteiger partial charge in [0.2, 0.25) is 5.96 Å². The fourth-order valence-electron chi connectivity index (χ4n) is 3.18. The second-order valence-electron chi connectivity index (χ2n) is 6.47. The monoisotopic (exact) mass is 381 g/mol. The summed E-state index contributed by atoms with van der Waals surface area (Å²) >= 11 is 6.51. The highest BCUT2D eigenvalue weighted by Crippen LogP contribution is 2.39. The number of unbranched alkanes of at least 4 members (excludes halogenated alkanes) is 4. The minimum absolute atomic E-state index is 0.251. The maximum Gasteiger partial charge on any atom is 0.251 e. The Hall–Kier alpha value is -1.83. The lowest BCUT2D eigenvalue weighted by atomic mass is 10.1. The first-order valence-corrected chi connectivity index (χ1v) is 9.35. The molecule has 3 N–H and O–H groups in total. The summed E-state index contributed by atoms with van der Waals surface area (Å²) in [5.41, 5.74) is 1.50. The highest BCUT2D eigenvalue weighted by molar-refractivity contribution is 6.33. The van der Waals surface area contributed by atoms with Crippen LogP contribution in [-0.4, -0.2) is 52.8 Å². The van der Waals surface area contributed by atoms with Gasteiger partial charge >= 0.3 is 0 Å². The largest absolute Gasteiger partial charge is 0.492 e. The lowest BCUT2D eigenvalue weighted by Gasteiger charge is -2.28. The van der Waals surface area contributed by atoms with Crippen molar-refractivity contribution in [1.82, 2.24) is 10.2 Å². The van der Waals surface area contributed by atoms with Crippen LogP contribution in [0.15, 0.2) is 17.1 Å². The summed E-state index contributed by atoms with van der Waals surface area (Å²) in [5.74, 6) is 0.806. The van der Waals surface area contributed by atoms with Crippen LogP contribution in [0.2, 0.25) is 5.02 Å². The van der Waals surface area contributed by atoms with E-state index in [2.05, 4.69) is 10.3 Å². The number of amides is 1. The van der Waals surface area contributed by atoms with Crippen LogP contribution in [0.5, 0.6) is 5.75 Å². The average Bonchev–Trinajstić information content (AvgIpc) is 2.95. The number of nitrogens with zero attached hydrogens (tertiary/aromatic N) is 2. The average molecular weight is 382 g/mol. The Morgan fingerprint density at radius 3 is 2.77 bits per heavy atom. The van der Waals surface area contributed by atoms with E-state index in [-0.39, 0.29) is 19.1 Å². The van der Waals surface area contributed by atoms with Crippen molar-refractivity contribution in [2.75, 3.05) is 19.8 Å². The Kier molecular flexibility index (Phi) is 6.34. The smallest absolute Gasteiger partial charge is 0.251 e. The topological polar surface area (TPSA) is 94.4 Å². The number of aliphatic imine (C=N–C) groups is 1. The van der Waals surface area contributed by atoms with Crippen molar-refractivity contribution in [2.24, 2.45) is 4.99 Å². The van der Waals surface area contributed by atoms with Gasteiger partial charge in [-0.3, -0.25) is 10.1 Å². The predicted octanol–water partition coefficient (Wildman–Crippen LogP) is 1.96. The fourth-order valence-corrected chi connectivity index (χ4v) is 3.45. The van der Waals surface area contributed by atoms with Crippen LogP contribution >= 0.6 is 11.6 Å². The van der Waals surface area contributed by atoms with Crippen LogP contribution in [0.25, 0.3) is 0 Å². The molecule has 0 spiro atoms. The van der Waals surface area contributed by atoms with Gasteiger partial charge in [0, 0.05) is 12.2 Å². The lowest BCUT2D eigenvalue weighted by molar-refractivity contribution is -0.122. The van der Waals surface area contributed by atoms with Crippen molar-refractivity contribution in [3.05, 3.63) is 22.7 Å². The van der Waals surface area contributed by atoms with Crippen molar-refractivity contribution >= 4 is 29.2 Å². The molecule has 1 aromatic rings. The Morgan fingerprint density at radius 2 is 2.00 bits per heavy atom. The number of nitrogens with one attached hydrogen (secondary N) is 1. The SMILES string of the molecule is O=C1NC2=Nc3ccc(OCCCCCCCO)c(Cl)c3CN2C1CO. The minimum atomic E-state index is -0.638. The van der Waals surface area contributed by atoms with E-state index < -0.39 is 6.04 Å². The van der Waals surface area contributed by atoms with Gasteiger partial charge in [0.25, 0.3) is 5.91 Å². The van der Waals surface area contributed by atoms with Gasteiger partial charge in [-0.1, -0.05) is 30.9 Å². The van der Waals surface area contributed by atoms with Gasteiger partial charge in [0.1, 0.15) is 11.8 Å². The second-order valence-corrected chi connectivity index (χ2v) is 6.84. The molecule has 1 atom stereocenters. The highest BCUT2D eigenvalue weighted by atomic mass is 35.5. The molecule has 2 aliphatic rings. The van der Waals surface area contributed by atoms with Gasteiger partial charge in [-0.05, 0) is 25.0 Å². The van der Waals surface area contributed by atoms with Crippen molar-refractivity contribution < 1.29 is 19.7 Å². The van der Waals surface area contributed by atoms with E-state index in [0.717, 1.165) is 37.7 Å². The Bertz CT molecular complexity index is 695. The standard InChI is InChI=1S/C18H24ClN3O4/c19-16-12-10-22-14(11-24)17(25)21-18(22)20-13(12)6-7-15(16)26-9-5-3-1-2-4-8-23/h6-7,14,23-24H,1-5,8-11H2,(H,20,21,25). The van der Waals surface area contributed by atoms with Crippen LogP contribution in [0.3, 0.4) is 0 Å². The number of guanidine groups is 1. The Balaban J connectivity index is 1.61. The number of halogens is 1. The van der Waals surface area contributed by atoms with Crippen LogP contribution in [0.4, 0.5) is 5.69 Å². The molecule has 1 amide bonds. The molecule has 0 aromatic heterocycles. The fraction of sp³-hybridized carbons (Fsp3) is 0.556. The molecule has 26 heavy (non-hydrogen) atoms. The number of aliphatic hydroxyl groups excluding tert-OH is 2. The number of carbonyl (C=O) groups is 1. The van der Waals surface area contributed by atoms with Crippen LogP contribution in [0, 0.1) is 0 Å². The molecular formula is C18H24ClN3O4. The number of hydrogen-bond acceptors (Lipinski definition) is 6. The molecule has 1 saturated heterocycles. The molecule has 1 aromatic carbocycles. The van der Waals surface area contributed by atoms with Gasteiger partial charge in [-0.25, -0.2) is 4.99 Å². The molecule has 142 valence electrons. The molecule has 1 unspecified atom stereocenters.